The number of aliphatic hydroxyl groups excluding tert-OH is 2. The van der Waals surface area contributed by atoms with Crippen molar-refractivity contribution in [1.29, 1.82) is 0 Å². The number of hydrogen-bond acceptors (Lipinski definition) is 6. The lowest BCUT2D eigenvalue weighted by atomic mass is 9.67. The van der Waals surface area contributed by atoms with Crippen molar-refractivity contribution in [2.45, 2.75) is 162 Å². The summed E-state index contributed by atoms with van der Waals surface area (Å²) < 4.78 is 10.8. The Bertz CT molecular complexity index is 943. The maximum Gasteiger partial charge on any atom is 0.335 e. The first-order valence-corrected chi connectivity index (χ1v) is 20.1. The van der Waals surface area contributed by atoms with E-state index in [4.69, 9.17) is 14.6 Å². The maximum atomic E-state index is 12.0. The third kappa shape index (κ3) is 13.9. The van der Waals surface area contributed by atoms with Crippen LogP contribution in [0.25, 0.3) is 0 Å². The van der Waals surface area contributed by atoms with Crippen molar-refractivity contribution in [2.75, 3.05) is 19.8 Å². The normalized spacial score (nSPS) is 31.4. The second kappa shape index (κ2) is 22.2. The van der Waals surface area contributed by atoms with Gasteiger partial charge in [-0.15, -0.1) is 0 Å². The fourth-order valence-corrected chi connectivity index (χ4v) is 9.34. The summed E-state index contributed by atoms with van der Waals surface area (Å²) in [5, 5.41) is 18.6. The highest BCUT2D eigenvalue weighted by Gasteiger charge is 2.34. The van der Waals surface area contributed by atoms with E-state index in [-0.39, 0.29) is 30.8 Å². The fourth-order valence-electron chi connectivity index (χ4n) is 9.34. The molecule has 0 heterocycles. The lowest BCUT2D eigenvalue weighted by Gasteiger charge is -2.39. The van der Waals surface area contributed by atoms with Gasteiger partial charge >= 0.3 is 11.9 Å². The van der Waals surface area contributed by atoms with Crippen molar-refractivity contribution in [1.82, 2.24) is 0 Å². The van der Waals surface area contributed by atoms with Gasteiger partial charge in [-0.25, -0.2) is 9.59 Å². The highest BCUT2D eigenvalue weighted by molar-refractivity contribution is 5.88. The van der Waals surface area contributed by atoms with Gasteiger partial charge in [0.1, 0.15) is 0 Å². The third-order valence-electron chi connectivity index (χ3n) is 12.8. The largest absolute Gasteiger partial charge is 0.462 e. The zero-order valence-electron chi connectivity index (χ0n) is 31.1. The molecule has 0 aliphatic heterocycles. The van der Waals surface area contributed by atoms with E-state index in [2.05, 4.69) is 27.0 Å². The Morgan fingerprint density at radius 3 is 1.58 bits per heavy atom. The summed E-state index contributed by atoms with van der Waals surface area (Å²) in [6, 6.07) is 0. The van der Waals surface area contributed by atoms with E-state index in [0.717, 1.165) is 61.2 Å². The Balaban J connectivity index is 0.000000344. The molecule has 0 aromatic rings. The molecule has 48 heavy (non-hydrogen) atoms. The van der Waals surface area contributed by atoms with Crippen LogP contribution >= 0.6 is 0 Å². The van der Waals surface area contributed by atoms with Crippen molar-refractivity contribution in [3.05, 3.63) is 24.3 Å². The smallest absolute Gasteiger partial charge is 0.335 e. The van der Waals surface area contributed by atoms with E-state index in [1.165, 1.54) is 109 Å². The summed E-state index contributed by atoms with van der Waals surface area (Å²) in [5.74, 6) is 4.90. The standard InChI is InChI=1S/C28H46O5.C14H26O/c1-5-6-7-8-22-9-11-23(12-10-22)24-13-15-25(16-14-24)26(18-32-27(30)20(2)3)19-33-28(31)21(4)17-29;1-2-11-3-5-12(6-4-11)13-7-9-14(15)10-8-13/h22-26,29H,2,4-19H2,1,3H3;11-15H,2-10H2,1H3. The minimum absolute atomic E-state index is 0.0215. The number of esters is 2. The van der Waals surface area contributed by atoms with Crippen molar-refractivity contribution in [3.8, 4) is 0 Å². The number of unbranched alkanes of at least 4 members (excludes halogenated alkanes) is 2. The molecule has 0 spiro atoms. The van der Waals surface area contributed by atoms with Crippen LogP contribution in [-0.2, 0) is 19.1 Å². The third-order valence-corrected chi connectivity index (χ3v) is 12.8. The molecule has 4 aliphatic rings. The predicted octanol–water partition coefficient (Wildman–Crippen LogP) is 9.76. The van der Waals surface area contributed by atoms with Gasteiger partial charge in [-0.3, -0.25) is 0 Å². The first kappa shape index (κ1) is 40.8. The highest BCUT2D eigenvalue weighted by atomic mass is 16.5. The lowest BCUT2D eigenvalue weighted by molar-refractivity contribution is -0.146. The van der Waals surface area contributed by atoms with Crippen LogP contribution in [0.3, 0.4) is 0 Å². The molecule has 4 fully saturated rings. The van der Waals surface area contributed by atoms with Gasteiger partial charge in [0, 0.05) is 11.5 Å². The maximum absolute atomic E-state index is 12.0. The molecule has 0 aromatic heterocycles. The van der Waals surface area contributed by atoms with E-state index in [1.54, 1.807) is 6.92 Å². The number of rotatable bonds is 15. The summed E-state index contributed by atoms with van der Waals surface area (Å²) in [6.45, 7) is 13.4. The SMILES string of the molecule is C=C(C)C(=O)OCC(COC(=O)C(=C)CO)C1CCC(C2CCC(CCCCC)CC2)CC1.CCC1CCC(C2CCC(O)CC2)CC1. The summed E-state index contributed by atoms with van der Waals surface area (Å²) in [4.78, 5) is 23.9. The second-order valence-corrected chi connectivity index (χ2v) is 16.2. The van der Waals surface area contributed by atoms with Gasteiger partial charge in [-0.05, 0) is 125 Å². The van der Waals surface area contributed by atoms with E-state index in [0.29, 0.717) is 11.5 Å². The first-order valence-electron chi connectivity index (χ1n) is 20.1. The van der Waals surface area contributed by atoms with Gasteiger partial charge < -0.3 is 19.7 Å². The van der Waals surface area contributed by atoms with Crippen LogP contribution in [0.4, 0.5) is 0 Å². The first-order chi connectivity index (χ1) is 23.1. The molecule has 1 atom stereocenters. The Hall–Kier alpha value is -1.66. The molecule has 4 aliphatic carbocycles. The molecule has 0 amide bonds. The molecule has 0 radical (unpaired) electrons. The number of aliphatic hydroxyl groups is 2. The Kier molecular flexibility index (Phi) is 18.9. The van der Waals surface area contributed by atoms with Crippen molar-refractivity contribution >= 4 is 11.9 Å². The van der Waals surface area contributed by atoms with E-state index in [9.17, 15) is 14.7 Å². The lowest BCUT2D eigenvalue weighted by Crippen LogP contribution is -2.33. The van der Waals surface area contributed by atoms with Crippen LogP contribution in [0, 0.1) is 47.3 Å². The van der Waals surface area contributed by atoms with Crippen molar-refractivity contribution in [3.63, 3.8) is 0 Å². The van der Waals surface area contributed by atoms with Gasteiger partial charge in [-0.1, -0.05) is 84.8 Å². The summed E-state index contributed by atoms with van der Waals surface area (Å²) in [6.07, 6.45) is 27.6. The number of carbonyl (C=O) groups excluding carboxylic acids is 2. The zero-order chi connectivity index (χ0) is 34.9. The molecule has 6 nitrogen and oxygen atoms in total. The van der Waals surface area contributed by atoms with E-state index >= 15 is 0 Å². The minimum Gasteiger partial charge on any atom is -0.462 e. The van der Waals surface area contributed by atoms with Gasteiger partial charge in [0.25, 0.3) is 0 Å². The quantitative estimate of drug-likeness (QED) is 0.102. The average molecular weight is 673 g/mol. The summed E-state index contributed by atoms with van der Waals surface area (Å²) >= 11 is 0. The minimum atomic E-state index is -0.585. The zero-order valence-corrected chi connectivity index (χ0v) is 31.1. The molecule has 4 saturated carbocycles. The van der Waals surface area contributed by atoms with Gasteiger partial charge in [-0.2, -0.15) is 0 Å². The molecular weight excluding hydrogens is 600 g/mol. The number of hydrogen-bond donors (Lipinski definition) is 2. The van der Waals surface area contributed by atoms with Crippen molar-refractivity contribution < 1.29 is 29.3 Å². The van der Waals surface area contributed by atoms with E-state index in [1.807, 2.05) is 0 Å². The van der Waals surface area contributed by atoms with Gasteiger partial charge in [0.2, 0.25) is 0 Å². The number of ether oxygens (including phenoxy) is 2. The van der Waals surface area contributed by atoms with Gasteiger partial charge in [0.15, 0.2) is 0 Å². The molecule has 0 bridgehead atoms. The fraction of sp³-hybridized carbons (Fsp3) is 0.857. The van der Waals surface area contributed by atoms with Crippen LogP contribution in [0.1, 0.15) is 156 Å². The Morgan fingerprint density at radius 2 is 1.12 bits per heavy atom. The molecule has 0 aromatic carbocycles. The molecule has 4 rings (SSSR count). The molecule has 0 saturated heterocycles. The molecule has 2 N–H and O–H groups in total. The topological polar surface area (TPSA) is 93.1 Å². The van der Waals surface area contributed by atoms with Crippen LogP contribution in [-0.4, -0.2) is 48.1 Å². The molecular formula is C42H72O6. The Morgan fingerprint density at radius 1 is 0.667 bits per heavy atom. The average Bonchev–Trinajstić information content (AvgIpc) is 3.12. The van der Waals surface area contributed by atoms with Crippen LogP contribution in [0.5, 0.6) is 0 Å². The summed E-state index contributed by atoms with van der Waals surface area (Å²) in [5.41, 5.74) is 0.412. The molecule has 6 heteroatoms. The summed E-state index contributed by atoms with van der Waals surface area (Å²) in [7, 11) is 0. The Labute approximate surface area is 293 Å². The van der Waals surface area contributed by atoms with Crippen LogP contribution in [0.2, 0.25) is 0 Å². The predicted molar refractivity (Wildman–Crippen MR) is 195 cm³/mol. The number of carbonyl (C=O) groups is 2. The monoisotopic (exact) mass is 673 g/mol. The van der Waals surface area contributed by atoms with Gasteiger partial charge in [0.05, 0.1) is 31.5 Å². The van der Waals surface area contributed by atoms with Crippen LogP contribution < -0.4 is 0 Å². The second-order valence-electron chi connectivity index (χ2n) is 16.2. The molecule has 276 valence electrons. The van der Waals surface area contributed by atoms with Crippen molar-refractivity contribution in [2.24, 2.45) is 47.3 Å². The molecule has 1 unspecified atom stereocenters. The van der Waals surface area contributed by atoms with E-state index < -0.39 is 18.5 Å². The van der Waals surface area contributed by atoms with Crippen LogP contribution in [0.15, 0.2) is 24.3 Å². The highest BCUT2D eigenvalue weighted by Crippen LogP contribution is 2.44.